The van der Waals surface area contributed by atoms with Crippen molar-refractivity contribution in [2.75, 3.05) is 19.8 Å². The Morgan fingerprint density at radius 1 is 1.25 bits per heavy atom. The number of para-hydroxylation sites is 1. The second-order valence-corrected chi connectivity index (χ2v) is 4.69. The molecule has 1 aromatic carbocycles. The fourth-order valence-corrected chi connectivity index (χ4v) is 2.21. The van der Waals surface area contributed by atoms with Crippen molar-refractivity contribution < 1.29 is 4.74 Å². The molecule has 1 heterocycles. The quantitative estimate of drug-likeness (QED) is 0.752. The Kier molecular flexibility index (Phi) is 5.77. The van der Waals surface area contributed by atoms with E-state index in [1.807, 2.05) is 38.2 Å². The number of hydrogen-bond acceptors (Lipinski definition) is 3. The molecule has 0 spiro atoms. The van der Waals surface area contributed by atoms with Crippen molar-refractivity contribution >= 4 is 0 Å². The number of nitrogens with one attached hydrogen (secondary N) is 1. The second kappa shape index (κ2) is 7.82. The summed E-state index contributed by atoms with van der Waals surface area (Å²) in [4.78, 5) is 4.42. The lowest BCUT2D eigenvalue weighted by Crippen LogP contribution is -2.18. The van der Waals surface area contributed by atoms with Crippen LogP contribution in [0.3, 0.4) is 0 Å². The van der Waals surface area contributed by atoms with Crippen LogP contribution < -0.4 is 5.32 Å². The molecule has 4 heteroatoms. The monoisotopic (exact) mass is 273 g/mol. The van der Waals surface area contributed by atoms with Crippen molar-refractivity contribution in [1.82, 2.24) is 14.9 Å². The second-order valence-electron chi connectivity index (χ2n) is 4.69. The molecule has 2 aromatic rings. The third-order valence-corrected chi connectivity index (χ3v) is 3.18. The van der Waals surface area contributed by atoms with Crippen LogP contribution in [0.4, 0.5) is 0 Å². The number of hydrogen-bond donors (Lipinski definition) is 1. The molecule has 0 aliphatic heterocycles. The van der Waals surface area contributed by atoms with E-state index >= 15 is 0 Å². The molecule has 108 valence electrons. The van der Waals surface area contributed by atoms with Crippen LogP contribution in [0.25, 0.3) is 5.69 Å². The molecule has 0 unspecified atom stereocenters. The van der Waals surface area contributed by atoms with Gasteiger partial charge in [0.05, 0.1) is 11.9 Å². The summed E-state index contributed by atoms with van der Waals surface area (Å²) < 4.78 is 7.52. The van der Waals surface area contributed by atoms with Crippen LogP contribution in [0.1, 0.15) is 24.9 Å². The van der Waals surface area contributed by atoms with Crippen molar-refractivity contribution in [3.63, 3.8) is 0 Å². The van der Waals surface area contributed by atoms with Crippen LogP contribution in [0.2, 0.25) is 0 Å². The number of imidazole rings is 1. The maximum absolute atomic E-state index is 5.33. The zero-order valence-corrected chi connectivity index (χ0v) is 12.3. The van der Waals surface area contributed by atoms with E-state index in [2.05, 4.69) is 27.0 Å². The summed E-state index contributed by atoms with van der Waals surface area (Å²) in [6.45, 7) is 7.45. The zero-order valence-electron chi connectivity index (χ0n) is 12.3. The van der Waals surface area contributed by atoms with E-state index in [1.165, 1.54) is 5.69 Å². The number of rotatable bonds is 8. The van der Waals surface area contributed by atoms with Gasteiger partial charge in [-0.05, 0) is 38.9 Å². The van der Waals surface area contributed by atoms with E-state index < -0.39 is 0 Å². The van der Waals surface area contributed by atoms with Crippen LogP contribution in [0.15, 0.2) is 36.5 Å². The molecule has 20 heavy (non-hydrogen) atoms. The average Bonchev–Trinajstić information content (AvgIpc) is 2.84. The van der Waals surface area contributed by atoms with Crippen LogP contribution in [-0.2, 0) is 11.3 Å². The smallest absolute Gasteiger partial charge is 0.110 e. The molecule has 0 bridgehead atoms. The lowest BCUT2D eigenvalue weighted by atomic mass is 10.3. The first kappa shape index (κ1) is 14.8. The molecule has 0 saturated carbocycles. The zero-order chi connectivity index (χ0) is 14.2. The van der Waals surface area contributed by atoms with Gasteiger partial charge < -0.3 is 10.1 Å². The Hall–Kier alpha value is -1.65. The number of benzene rings is 1. The molecular formula is C16H23N3O. The average molecular weight is 273 g/mol. The van der Waals surface area contributed by atoms with Gasteiger partial charge in [-0.2, -0.15) is 0 Å². The maximum atomic E-state index is 5.33. The van der Waals surface area contributed by atoms with E-state index in [9.17, 15) is 0 Å². The highest BCUT2D eigenvalue weighted by Gasteiger charge is 2.07. The van der Waals surface area contributed by atoms with Crippen LogP contribution >= 0.6 is 0 Å². The van der Waals surface area contributed by atoms with Crippen molar-refractivity contribution in [1.29, 1.82) is 0 Å². The molecule has 2 rings (SSSR count). The topological polar surface area (TPSA) is 39.1 Å². The largest absolute Gasteiger partial charge is 0.382 e. The van der Waals surface area contributed by atoms with Crippen LogP contribution in [0.5, 0.6) is 0 Å². The van der Waals surface area contributed by atoms with E-state index in [-0.39, 0.29) is 0 Å². The third-order valence-electron chi connectivity index (χ3n) is 3.18. The fraction of sp³-hybridized carbons (Fsp3) is 0.438. The number of aryl methyl sites for hydroxylation is 1. The predicted octanol–water partition coefficient (Wildman–Crippen LogP) is 2.70. The Bertz CT molecular complexity index is 508. The van der Waals surface area contributed by atoms with E-state index in [4.69, 9.17) is 4.74 Å². The predicted molar refractivity (Wildman–Crippen MR) is 81.1 cm³/mol. The molecule has 0 aliphatic rings. The van der Waals surface area contributed by atoms with E-state index in [0.717, 1.165) is 44.2 Å². The van der Waals surface area contributed by atoms with Crippen molar-refractivity contribution in [3.8, 4) is 5.69 Å². The molecule has 0 radical (unpaired) electrons. The minimum atomic E-state index is 0.792. The molecule has 4 nitrogen and oxygen atoms in total. The summed E-state index contributed by atoms with van der Waals surface area (Å²) in [6, 6.07) is 10.3. The molecule has 1 N–H and O–H groups in total. The molecule has 1 aromatic heterocycles. The van der Waals surface area contributed by atoms with Gasteiger partial charge in [-0.15, -0.1) is 0 Å². The normalized spacial score (nSPS) is 10.9. The summed E-state index contributed by atoms with van der Waals surface area (Å²) in [5.74, 6) is 1.02. The summed E-state index contributed by atoms with van der Waals surface area (Å²) in [5, 5.41) is 3.44. The Morgan fingerprint density at radius 2 is 2.05 bits per heavy atom. The molecule has 0 aliphatic carbocycles. The third kappa shape index (κ3) is 3.92. The van der Waals surface area contributed by atoms with Gasteiger partial charge in [0, 0.05) is 25.4 Å². The highest BCUT2D eigenvalue weighted by atomic mass is 16.5. The number of ether oxygens (including phenoxy) is 1. The Balaban J connectivity index is 1.93. The fourth-order valence-electron chi connectivity index (χ4n) is 2.21. The lowest BCUT2D eigenvalue weighted by molar-refractivity contribution is 0.144. The number of aromatic nitrogens is 2. The molecular weight excluding hydrogens is 250 g/mol. The van der Waals surface area contributed by atoms with Crippen LogP contribution in [0, 0.1) is 6.92 Å². The van der Waals surface area contributed by atoms with Crippen molar-refractivity contribution in [3.05, 3.63) is 48.0 Å². The highest BCUT2D eigenvalue weighted by molar-refractivity contribution is 5.35. The highest BCUT2D eigenvalue weighted by Crippen LogP contribution is 2.14. The molecule has 0 atom stereocenters. The van der Waals surface area contributed by atoms with Gasteiger partial charge in [0.15, 0.2) is 0 Å². The van der Waals surface area contributed by atoms with E-state index in [1.54, 1.807) is 0 Å². The molecule has 0 saturated heterocycles. The van der Waals surface area contributed by atoms with Gasteiger partial charge >= 0.3 is 0 Å². The Morgan fingerprint density at radius 3 is 2.80 bits per heavy atom. The van der Waals surface area contributed by atoms with Gasteiger partial charge in [-0.3, -0.25) is 4.57 Å². The van der Waals surface area contributed by atoms with Gasteiger partial charge in [0.2, 0.25) is 0 Å². The standard InChI is InChI=1S/C16H23N3O/c1-3-20-11-7-10-17-12-16-13-18-14(2)19(16)15-8-5-4-6-9-15/h4-6,8-9,13,17H,3,7,10-12H2,1-2H3. The van der Waals surface area contributed by atoms with Gasteiger partial charge in [0.1, 0.15) is 5.82 Å². The minimum absolute atomic E-state index is 0.792. The van der Waals surface area contributed by atoms with Gasteiger partial charge in [0.25, 0.3) is 0 Å². The lowest BCUT2D eigenvalue weighted by Gasteiger charge is -2.11. The molecule has 0 amide bonds. The summed E-state index contributed by atoms with van der Waals surface area (Å²) in [7, 11) is 0. The van der Waals surface area contributed by atoms with E-state index in [0.29, 0.717) is 0 Å². The maximum Gasteiger partial charge on any atom is 0.110 e. The molecule has 0 fully saturated rings. The first-order valence-electron chi connectivity index (χ1n) is 7.20. The summed E-state index contributed by atoms with van der Waals surface area (Å²) in [5.41, 5.74) is 2.35. The van der Waals surface area contributed by atoms with Crippen molar-refractivity contribution in [2.24, 2.45) is 0 Å². The number of nitrogens with zero attached hydrogens (tertiary/aromatic N) is 2. The summed E-state index contributed by atoms with van der Waals surface area (Å²) in [6.07, 6.45) is 2.98. The van der Waals surface area contributed by atoms with Gasteiger partial charge in [-0.25, -0.2) is 4.98 Å². The van der Waals surface area contributed by atoms with Gasteiger partial charge in [-0.1, -0.05) is 18.2 Å². The van der Waals surface area contributed by atoms with Crippen molar-refractivity contribution in [2.45, 2.75) is 26.8 Å². The summed E-state index contributed by atoms with van der Waals surface area (Å²) >= 11 is 0. The SMILES string of the molecule is CCOCCCNCc1cnc(C)n1-c1ccccc1. The minimum Gasteiger partial charge on any atom is -0.382 e. The first-order valence-corrected chi connectivity index (χ1v) is 7.20. The van der Waals surface area contributed by atoms with Crippen LogP contribution in [-0.4, -0.2) is 29.3 Å². The Labute approximate surface area is 120 Å². The first-order chi connectivity index (χ1) is 9.83.